The van der Waals surface area contributed by atoms with E-state index in [4.69, 9.17) is 4.43 Å². The van der Waals surface area contributed by atoms with Gasteiger partial charge in [0, 0.05) is 11.5 Å². The number of rotatable bonds is 9. The lowest BCUT2D eigenvalue weighted by Gasteiger charge is -2.41. The average molecular weight is 455 g/mol. The van der Waals surface area contributed by atoms with Crippen molar-refractivity contribution in [2.75, 3.05) is 0 Å². The first-order valence-electron chi connectivity index (χ1n) is 11.7. The van der Waals surface area contributed by atoms with Gasteiger partial charge in [0.15, 0.2) is 8.32 Å². The molecule has 0 spiro atoms. The maximum Gasteiger partial charge on any atom is 0.192 e. The molecule has 2 atom stereocenters. The summed E-state index contributed by atoms with van der Waals surface area (Å²) in [6.07, 6.45) is 6.37. The summed E-state index contributed by atoms with van der Waals surface area (Å²) in [4.78, 5) is 0. The van der Waals surface area contributed by atoms with Crippen LogP contribution in [-0.4, -0.2) is 22.5 Å². The number of hydrogen-bond donors (Lipinski definition) is 0. The molecule has 0 amide bonds. The van der Waals surface area contributed by atoms with Crippen molar-refractivity contribution in [3.8, 4) is 11.5 Å². The third-order valence-electron chi connectivity index (χ3n) is 6.05. The third kappa shape index (κ3) is 9.77. The van der Waals surface area contributed by atoms with E-state index in [2.05, 4.69) is 122 Å². The van der Waals surface area contributed by atoms with Crippen LogP contribution in [0.1, 0.15) is 46.6 Å². The van der Waals surface area contributed by atoms with Gasteiger partial charge in [-0.2, -0.15) is 0 Å². The predicted molar refractivity (Wildman–Crippen MR) is 145 cm³/mol. The standard InChI is InChI=1S/C28H46OSi2/c1-12-16-26(22-25(23(2)3)19-20-30(7,8)9)27(21-24-17-14-13-15-18-24)29-31(10,11)28(4,5)6/h12-15,17-18,22-23,26-27H,1,16,21H2,2-11H3/b25-22+/t26-,27-/m0/s1. The molecule has 0 bridgehead atoms. The van der Waals surface area contributed by atoms with Crippen LogP contribution < -0.4 is 0 Å². The molecular formula is C28H46OSi2. The Morgan fingerprint density at radius 2 is 1.65 bits per heavy atom. The maximum absolute atomic E-state index is 7.05. The Morgan fingerprint density at radius 3 is 2.10 bits per heavy atom. The van der Waals surface area contributed by atoms with Crippen LogP contribution >= 0.6 is 0 Å². The highest BCUT2D eigenvalue weighted by Gasteiger charge is 2.40. The summed E-state index contributed by atoms with van der Waals surface area (Å²) in [6, 6.07) is 10.7. The molecule has 31 heavy (non-hydrogen) atoms. The Kier molecular flexibility index (Phi) is 10.3. The van der Waals surface area contributed by atoms with Crippen LogP contribution in [0.5, 0.6) is 0 Å². The summed E-state index contributed by atoms with van der Waals surface area (Å²) in [5.74, 6) is 4.22. The van der Waals surface area contributed by atoms with Gasteiger partial charge in [0.2, 0.25) is 0 Å². The third-order valence-corrected chi connectivity index (χ3v) is 11.4. The second kappa shape index (κ2) is 11.5. The summed E-state index contributed by atoms with van der Waals surface area (Å²) >= 11 is 0. The van der Waals surface area contributed by atoms with Gasteiger partial charge in [-0.25, -0.2) is 0 Å². The molecule has 0 unspecified atom stereocenters. The van der Waals surface area contributed by atoms with E-state index < -0.39 is 16.4 Å². The minimum atomic E-state index is -1.93. The zero-order valence-electron chi connectivity index (χ0n) is 21.8. The largest absolute Gasteiger partial charge is 0.413 e. The van der Waals surface area contributed by atoms with Crippen LogP contribution in [0, 0.1) is 23.3 Å². The molecular weight excluding hydrogens is 408 g/mol. The van der Waals surface area contributed by atoms with Gasteiger partial charge in [-0.15, -0.1) is 12.1 Å². The monoisotopic (exact) mass is 454 g/mol. The highest BCUT2D eigenvalue weighted by molar-refractivity contribution is 6.83. The van der Waals surface area contributed by atoms with Crippen molar-refractivity contribution in [3.63, 3.8) is 0 Å². The molecule has 0 fully saturated rings. The van der Waals surface area contributed by atoms with Gasteiger partial charge in [0.05, 0.1) is 6.10 Å². The fourth-order valence-electron chi connectivity index (χ4n) is 3.07. The van der Waals surface area contributed by atoms with Crippen molar-refractivity contribution >= 4 is 16.4 Å². The SMILES string of the molecule is C=CC[C@@H](/C=C(\C#C[Si](C)(C)C)C(C)C)[C@H](Cc1ccccc1)O[Si](C)(C)C(C)(C)C. The molecule has 0 aliphatic heterocycles. The molecule has 172 valence electrons. The predicted octanol–water partition coefficient (Wildman–Crippen LogP) is 8.28. The Morgan fingerprint density at radius 1 is 1.06 bits per heavy atom. The number of benzene rings is 1. The van der Waals surface area contributed by atoms with E-state index in [1.807, 2.05) is 6.08 Å². The maximum atomic E-state index is 7.05. The Balaban J connectivity index is 3.44. The topological polar surface area (TPSA) is 9.23 Å². The summed E-state index contributed by atoms with van der Waals surface area (Å²) in [6.45, 7) is 27.1. The van der Waals surface area contributed by atoms with E-state index in [1.165, 1.54) is 11.1 Å². The molecule has 0 saturated heterocycles. The Hall–Kier alpha value is -1.35. The minimum Gasteiger partial charge on any atom is -0.413 e. The Bertz CT molecular complexity index is 780. The highest BCUT2D eigenvalue weighted by Crippen LogP contribution is 2.39. The molecule has 0 aliphatic rings. The minimum absolute atomic E-state index is 0.115. The van der Waals surface area contributed by atoms with Crippen LogP contribution in [0.25, 0.3) is 0 Å². The van der Waals surface area contributed by atoms with E-state index in [9.17, 15) is 0 Å². The van der Waals surface area contributed by atoms with E-state index >= 15 is 0 Å². The quantitative estimate of drug-likeness (QED) is 0.207. The summed E-state index contributed by atoms with van der Waals surface area (Å²) in [5, 5.41) is 0.170. The van der Waals surface area contributed by atoms with Crippen molar-refractivity contribution in [1.82, 2.24) is 0 Å². The fraction of sp³-hybridized carbons (Fsp3) is 0.571. The van der Waals surface area contributed by atoms with Crippen molar-refractivity contribution in [1.29, 1.82) is 0 Å². The summed E-state index contributed by atoms with van der Waals surface area (Å²) in [7, 11) is -3.37. The van der Waals surface area contributed by atoms with Gasteiger partial charge in [0.1, 0.15) is 8.07 Å². The first-order chi connectivity index (χ1) is 14.2. The van der Waals surface area contributed by atoms with Crippen molar-refractivity contribution in [3.05, 3.63) is 60.2 Å². The Labute approximate surface area is 195 Å². The van der Waals surface area contributed by atoms with Gasteiger partial charge in [0.25, 0.3) is 0 Å². The average Bonchev–Trinajstić information content (AvgIpc) is 2.62. The van der Waals surface area contributed by atoms with Crippen molar-refractivity contribution in [2.24, 2.45) is 11.8 Å². The zero-order valence-corrected chi connectivity index (χ0v) is 23.8. The molecule has 3 heteroatoms. The number of hydrogen-bond acceptors (Lipinski definition) is 1. The fourth-order valence-corrected chi connectivity index (χ4v) is 4.96. The molecule has 1 rings (SSSR count). The summed E-state index contributed by atoms with van der Waals surface area (Å²) < 4.78 is 7.05. The van der Waals surface area contributed by atoms with Gasteiger partial charge in [-0.05, 0) is 42.5 Å². The highest BCUT2D eigenvalue weighted by atomic mass is 28.4. The van der Waals surface area contributed by atoms with Gasteiger partial charge in [-0.3, -0.25) is 0 Å². The molecule has 0 saturated carbocycles. The van der Waals surface area contributed by atoms with Gasteiger partial charge in [-0.1, -0.05) is 103 Å². The van der Waals surface area contributed by atoms with Crippen molar-refractivity contribution in [2.45, 2.75) is 91.3 Å². The lowest BCUT2D eigenvalue weighted by molar-refractivity contribution is 0.138. The van der Waals surface area contributed by atoms with Crippen LogP contribution in [0.15, 0.2) is 54.6 Å². The van der Waals surface area contributed by atoms with Crippen molar-refractivity contribution < 1.29 is 4.43 Å². The second-order valence-electron chi connectivity index (χ2n) is 11.6. The summed E-state index contributed by atoms with van der Waals surface area (Å²) in [5.41, 5.74) is 6.14. The van der Waals surface area contributed by atoms with E-state index in [0.717, 1.165) is 12.8 Å². The van der Waals surface area contributed by atoms with E-state index in [-0.39, 0.29) is 17.1 Å². The normalized spacial score (nSPS) is 15.3. The molecule has 1 aromatic rings. The first-order valence-corrected chi connectivity index (χ1v) is 18.1. The second-order valence-corrected chi connectivity index (χ2v) is 21.1. The zero-order chi connectivity index (χ0) is 23.9. The first kappa shape index (κ1) is 27.7. The smallest absolute Gasteiger partial charge is 0.192 e. The van der Waals surface area contributed by atoms with Gasteiger partial charge >= 0.3 is 0 Å². The molecule has 1 nitrogen and oxygen atoms in total. The molecule has 1 aromatic carbocycles. The van der Waals surface area contributed by atoms with E-state index in [1.54, 1.807) is 0 Å². The van der Waals surface area contributed by atoms with Crippen LogP contribution in [0.2, 0.25) is 37.8 Å². The molecule has 0 radical (unpaired) electrons. The molecule has 0 aliphatic carbocycles. The molecule has 0 N–H and O–H groups in total. The van der Waals surface area contributed by atoms with Crippen LogP contribution in [-0.2, 0) is 10.8 Å². The lowest BCUT2D eigenvalue weighted by Crippen LogP contribution is -2.46. The van der Waals surface area contributed by atoms with Crippen LogP contribution in [0.3, 0.4) is 0 Å². The van der Waals surface area contributed by atoms with Gasteiger partial charge < -0.3 is 4.43 Å². The number of allylic oxidation sites excluding steroid dienone is 2. The van der Waals surface area contributed by atoms with E-state index in [0.29, 0.717) is 5.92 Å². The lowest BCUT2D eigenvalue weighted by atomic mass is 9.89. The van der Waals surface area contributed by atoms with Crippen LogP contribution in [0.4, 0.5) is 0 Å². The molecule has 0 aromatic heterocycles. The molecule has 0 heterocycles.